The number of rotatable bonds is 2. The maximum atomic E-state index is 13.0. The molecule has 6 heteroatoms. The lowest BCUT2D eigenvalue weighted by Gasteiger charge is -2.11. The first kappa shape index (κ1) is 14.3. The highest BCUT2D eigenvalue weighted by atomic mass is 35.5. The molecular formula is C11H14ClFN2OS. The summed E-state index contributed by atoms with van der Waals surface area (Å²) >= 11 is 1.69. The van der Waals surface area contributed by atoms with Crippen LogP contribution < -0.4 is 10.6 Å². The van der Waals surface area contributed by atoms with E-state index < -0.39 is 0 Å². The third-order valence-corrected chi connectivity index (χ3v) is 3.40. The number of anilines is 1. The van der Waals surface area contributed by atoms with Crippen LogP contribution in [0.2, 0.25) is 0 Å². The zero-order valence-corrected chi connectivity index (χ0v) is 11.0. The Balaban J connectivity index is 0.00000144. The summed E-state index contributed by atoms with van der Waals surface area (Å²) in [6.45, 7) is 1.68. The van der Waals surface area contributed by atoms with Gasteiger partial charge >= 0.3 is 0 Å². The minimum Gasteiger partial charge on any atom is -0.325 e. The molecule has 2 N–H and O–H groups in total. The zero-order chi connectivity index (χ0) is 11.5. The Morgan fingerprint density at radius 2 is 2.35 bits per heavy atom. The Hall–Kier alpha value is -0.780. The van der Waals surface area contributed by atoms with Gasteiger partial charge in [-0.15, -0.1) is 24.2 Å². The molecule has 1 amide bonds. The second-order valence-corrected chi connectivity index (χ2v) is 4.76. The monoisotopic (exact) mass is 276 g/mol. The molecule has 2 rings (SSSR count). The number of nitrogens with one attached hydrogen (secondary N) is 2. The maximum absolute atomic E-state index is 13.0. The number of hydrogen-bond acceptors (Lipinski definition) is 3. The van der Waals surface area contributed by atoms with Crippen LogP contribution in [0.15, 0.2) is 18.2 Å². The van der Waals surface area contributed by atoms with Crippen LogP contribution in [0, 0.1) is 12.7 Å². The van der Waals surface area contributed by atoms with E-state index in [1.165, 1.54) is 6.07 Å². The van der Waals surface area contributed by atoms with E-state index in [4.69, 9.17) is 0 Å². The minimum atomic E-state index is -0.257. The summed E-state index contributed by atoms with van der Waals surface area (Å²) in [5, 5.41) is 5.85. The van der Waals surface area contributed by atoms with Gasteiger partial charge < -0.3 is 5.32 Å². The van der Waals surface area contributed by atoms with Gasteiger partial charge in [-0.25, -0.2) is 4.39 Å². The Bertz CT molecular complexity index is 410. The summed E-state index contributed by atoms with van der Waals surface area (Å²) in [6.07, 6.45) is 0. The summed E-state index contributed by atoms with van der Waals surface area (Å²) in [5.41, 5.74) is 1.18. The standard InChI is InChI=1S/C11H13FN2OS.ClH/c1-7-4-8(2-3-9(7)12)14-11(15)10-5-16-6-13-10;/h2-4,10,13H,5-6H2,1H3,(H,14,15);1H. The molecule has 0 saturated carbocycles. The van der Waals surface area contributed by atoms with Crippen molar-refractivity contribution < 1.29 is 9.18 Å². The first-order valence-corrected chi connectivity index (χ1v) is 6.20. The predicted octanol–water partition coefficient (Wildman–Crippen LogP) is 2.16. The number of carbonyl (C=O) groups excluding carboxylic acids is 1. The lowest BCUT2D eigenvalue weighted by Crippen LogP contribution is -2.37. The highest BCUT2D eigenvalue weighted by Crippen LogP contribution is 2.15. The van der Waals surface area contributed by atoms with E-state index >= 15 is 0 Å². The van der Waals surface area contributed by atoms with Crippen molar-refractivity contribution in [3.63, 3.8) is 0 Å². The van der Waals surface area contributed by atoms with Gasteiger partial charge in [0.2, 0.25) is 5.91 Å². The van der Waals surface area contributed by atoms with Gasteiger partial charge in [-0.2, -0.15) is 0 Å². The molecule has 0 radical (unpaired) electrons. The van der Waals surface area contributed by atoms with Crippen molar-refractivity contribution in [2.24, 2.45) is 0 Å². The lowest BCUT2D eigenvalue weighted by atomic mass is 10.2. The molecular weight excluding hydrogens is 263 g/mol. The van der Waals surface area contributed by atoms with E-state index in [0.717, 1.165) is 11.6 Å². The Morgan fingerprint density at radius 1 is 1.59 bits per heavy atom. The number of benzene rings is 1. The van der Waals surface area contributed by atoms with Crippen molar-refractivity contribution >= 4 is 35.8 Å². The molecule has 1 aromatic carbocycles. The van der Waals surface area contributed by atoms with Crippen LogP contribution >= 0.6 is 24.2 Å². The third-order valence-electron chi connectivity index (χ3n) is 2.46. The fourth-order valence-corrected chi connectivity index (χ4v) is 2.46. The van der Waals surface area contributed by atoms with Gasteiger partial charge in [-0.1, -0.05) is 0 Å². The van der Waals surface area contributed by atoms with E-state index in [2.05, 4.69) is 10.6 Å². The van der Waals surface area contributed by atoms with Gasteiger partial charge in [0.05, 0.1) is 6.04 Å². The molecule has 1 atom stereocenters. The normalized spacial score (nSPS) is 18.6. The minimum absolute atomic E-state index is 0. The molecule has 1 unspecified atom stereocenters. The number of thioether (sulfide) groups is 1. The van der Waals surface area contributed by atoms with Crippen molar-refractivity contribution in [2.45, 2.75) is 13.0 Å². The molecule has 1 aromatic rings. The SMILES string of the molecule is Cc1cc(NC(=O)C2CSCN2)ccc1F.Cl. The predicted molar refractivity (Wildman–Crippen MR) is 71.3 cm³/mol. The molecule has 17 heavy (non-hydrogen) atoms. The van der Waals surface area contributed by atoms with E-state index in [9.17, 15) is 9.18 Å². The van der Waals surface area contributed by atoms with Gasteiger partial charge in [0.15, 0.2) is 0 Å². The molecule has 0 aliphatic carbocycles. The van der Waals surface area contributed by atoms with E-state index in [1.807, 2.05) is 0 Å². The van der Waals surface area contributed by atoms with Gasteiger partial charge in [0.1, 0.15) is 5.82 Å². The highest BCUT2D eigenvalue weighted by molar-refractivity contribution is 7.99. The second kappa shape index (κ2) is 6.23. The third kappa shape index (κ3) is 3.59. The van der Waals surface area contributed by atoms with Crippen molar-refractivity contribution in [2.75, 3.05) is 16.9 Å². The topological polar surface area (TPSA) is 41.1 Å². The van der Waals surface area contributed by atoms with E-state index in [-0.39, 0.29) is 30.2 Å². The van der Waals surface area contributed by atoms with Crippen LogP contribution in [0.5, 0.6) is 0 Å². The van der Waals surface area contributed by atoms with Crippen molar-refractivity contribution in [1.29, 1.82) is 0 Å². The lowest BCUT2D eigenvalue weighted by molar-refractivity contribution is -0.117. The van der Waals surface area contributed by atoms with Crippen molar-refractivity contribution in [3.05, 3.63) is 29.6 Å². The summed E-state index contributed by atoms with van der Waals surface area (Å²) in [7, 11) is 0. The number of amides is 1. The summed E-state index contributed by atoms with van der Waals surface area (Å²) in [5.74, 6) is 1.27. The van der Waals surface area contributed by atoms with Crippen LogP contribution in [0.4, 0.5) is 10.1 Å². The van der Waals surface area contributed by atoms with Gasteiger partial charge in [-0.3, -0.25) is 10.1 Å². The zero-order valence-electron chi connectivity index (χ0n) is 9.33. The molecule has 1 aliphatic heterocycles. The molecule has 0 bridgehead atoms. The maximum Gasteiger partial charge on any atom is 0.242 e. The molecule has 1 heterocycles. The van der Waals surface area contributed by atoms with E-state index in [1.54, 1.807) is 30.8 Å². The Labute approximate surface area is 110 Å². The Kier molecular flexibility index (Phi) is 5.24. The largest absolute Gasteiger partial charge is 0.325 e. The summed E-state index contributed by atoms with van der Waals surface area (Å²) in [6, 6.07) is 4.43. The molecule has 0 aromatic heterocycles. The number of aryl methyl sites for hydroxylation is 1. The number of halogens is 2. The second-order valence-electron chi connectivity index (χ2n) is 3.73. The summed E-state index contributed by atoms with van der Waals surface area (Å²) in [4.78, 5) is 11.7. The fourth-order valence-electron chi connectivity index (χ4n) is 1.52. The molecule has 1 saturated heterocycles. The number of carbonyl (C=O) groups is 1. The van der Waals surface area contributed by atoms with Crippen LogP contribution in [0.1, 0.15) is 5.56 Å². The van der Waals surface area contributed by atoms with Crippen LogP contribution in [0.25, 0.3) is 0 Å². The fraction of sp³-hybridized carbons (Fsp3) is 0.364. The smallest absolute Gasteiger partial charge is 0.242 e. The first-order valence-electron chi connectivity index (χ1n) is 5.05. The highest BCUT2D eigenvalue weighted by Gasteiger charge is 2.22. The quantitative estimate of drug-likeness (QED) is 0.870. The Morgan fingerprint density at radius 3 is 2.94 bits per heavy atom. The van der Waals surface area contributed by atoms with Gasteiger partial charge in [0.25, 0.3) is 0 Å². The number of hydrogen-bond donors (Lipinski definition) is 2. The molecule has 3 nitrogen and oxygen atoms in total. The van der Waals surface area contributed by atoms with E-state index in [0.29, 0.717) is 11.3 Å². The van der Waals surface area contributed by atoms with Crippen LogP contribution in [0.3, 0.4) is 0 Å². The summed E-state index contributed by atoms with van der Waals surface area (Å²) < 4.78 is 13.0. The average Bonchev–Trinajstić information content (AvgIpc) is 2.77. The molecule has 1 fully saturated rings. The molecule has 0 spiro atoms. The van der Waals surface area contributed by atoms with Crippen molar-refractivity contribution in [1.82, 2.24) is 5.32 Å². The molecule has 1 aliphatic rings. The van der Waals surface area contributed by atoms with Crippen LogP contribution in [-0.4, -0.2) is 23.6 Å². The average molecular weight is 277 g/mol. The molecule has 94 valence electrons. The van der Waals surface area contributed by atoms with Crippen molar-refractivity contribution in [3.8, 4) is 0 Å². The van der Waals surface area contributed by atoms with Gasteiger partial charge in [0, 0.05) is 17.3 Å². The first-order chi connectivity index (χ1) is 7.66. The van der Waals surface area contributed by atoms with Crippen LogP contribution in [-0.2, 0) is 4.79 Å². The van der Waals surface area contributed by atoms with Gasteiger partial charge in [-0.05, 0) is 30.7 Å².